The van der Waals surface area contributed by atoms with Crippen LogP contribution in [0.1, 0.15) is 12.0 Å². The summed E-state index contributed by atoms with van der Waals surface area (Å²) in [4.78, 5) is 17.1. The predicted octanol–water partition coefficient (Wildman–Crippen LogP) is 2.87. The third-order valence-electron chi connectivity index (χ3n) is 4.54. The topological polar surface area (TPSA) is 102 Å². The van der Waals surface area contributed by atoms with Crippen molar-refractivity contribution >= 4 is 17.6 Å². The van der Waals surface area contributed by atoms with Gasteiger partial charge in [0.25, 0.3) is 6.43 Å². The van der Waals surface area contributed by atoms with Gasteiger partial charge in [-0.25, -0.2) is 22.5 Å². The molecule has 1 aliphatic rings. The van der Waals surface area contributed by atoms with Gasteiger partial charge in [-0.1, -0.05) is 18.2 Å². The van der Waals surface area contributed by atoms with Gasteiger partial charge in [-0.05, 0) is 6.07 Å². The standard InChI is InChI=1S/C20H20F4N4O3/c21-15-4-12(6-27-20(15)28-7-13(8-28)30-10-16(22)23)14-3-1-2-11(19(14)24)9-31-18(29)5-17(25)26/h1-4,6,13,16H,5,7-10H2,(H3,25,26). The molecule has 3 rings (SSSR count). The van der Waals surface area contributed by atoms with Crippen LogP contribution in [0.4, 0.5) is 23.4 Å². The molecule has 0 amide bonds. The highest BCUT2D eigenvalue weighted by Gasteiger charge is 2.31. The first-order valence-electron chi connectivity index (χ1n) is 9.31. The number of hydrogen-bond acceptors (Lipinski definition) is 6. The maximum atomic E-state index is 14.8. The van der Waals surface area contributed by atoms with Gasteiger partial charge in [0.1, 0.15) is 31.3 Å². The zero-order valence-corrected chi connectivity index (χ0v) is 16.3. The molecule has 0 unspecified atom stereocenters. The Morgan fingerprint density at radius 2 is 2.06 bits per heavy atom. The van der Waals surface area contributed by atoms with E-state index in [1.165, 1.54) is 29.3 Å². The van der Waals surface area contributed by atoms with Crippen molar-refractivity contribution in [3.05, 3.63) is 47.7 Å². The SMILES string of the molecule is N=C(N)CC(=O)OCc1cccc(-c2cnc(N3CC(OCC(F)F)C3)c(F)c2)c1F. The van der Waals surface area contributed by atoms with Crippen molar-refractivity contribution in [2.75, 3.05) is 24.6 Å². The Labute approximate surface area is 175 Å². The number of ether oxygens (including phenoxy) is 2. The molecule has 0 bridgehead atoms. The third-order valence-corrected chi connectivity index (χ3v) is 4.54. The van der Waals surface area contributed by atoms with E-state index in [0.717, 1.165) is 6.07 Å². The van der Waals surface area contributed by atoms with Crippen molar-refractivity contribution in [1.82, 2.24) is 4.98 Å². The average molecular weight is 440 g/mol. The molecule has 0 spiro atoms. The minimum atomic E-state index is -2.56. The van der Waals surface area contributed by atoms with Crippen molar-refractivity contribution in [3.8, 4) is 11.1 Å². The van der Waals surface area contributed by atoms with Gasteiger partial charge in [-0.2, -0.15) is 0 Å². The second kappa shape index (κ2) is 9.73. The molecular weight excluding hydrogens is 420 g/mol. The van der Waals surface area contributed by atoms with Crippen LogP contribution in [-0.2, 0) is 20.9 Å². The number of esters is 1. The van der Waals surface area contributed by atoms with E-state index in [1.807, 2.05) is 0 Å². The third kappa shape index (κ3) is 5.69. The zero-order chi connectivity index (χ0) is 22.5. The molecule has 1 aliphatic heterocycles. The van der Waals surface area contributed by atoms with E-state index < -0.39 is 43.2 Å². The zero-order valence-electron chi connectivity index (χ0n) is 16.3. The number of nitrogens with one attached hydrogen (secondary N) is 1. The summed E-state index contributed by atoms with van der Waals surface area (Å²) in [7, 11) is 0. The Morgan fingerprint density at radius 3 is 2.71 bits per heavy atom. The van der Waals surface area contributed by atoms with Crippen molar-refractivity contribution in [2.24, 2.45) is 5.73 Å². The van der Waals surface area contributed by atoms with Gasteiger partial charge in [-0.15, -0.1) is 0 Å². The molecule has 11 heteroatoms. The summed E-state index contributed by atoms with van der Waals surface area (Å²) in [6, 6.07) is 5.50. The van der Waals surface area contributed by atoms with Crippen LogP contribution in [0.3, 0.4) is 0 Å². The lowest BCUT2D eigenvalue weighted by Gasteiger charge is -2.39. The number of alkyl halides is 2. The van der Waals surface area contributed by atoms with Gasteiger partial charge >= 0.3 is 5.97 Å². The summed E-state index contributed by atoms with van der Waals surface area (Å²) in [5.41, 5.74) is 5.44. The number of aromatic nitrogens is 1. The molecule has 0 radical (unpaired) electrons. The van der Waals surface area contributed by atoms with Crippen LogP contribution in [0.25, 0.3) is 11.1 Å². The summed E-state index contributed by atoms with van der Waals surface area (Å²) >= 11 is 0. The lowest BCUT2D eigenvalue weighted by atomic mass is 10.0. The first-order valence-corrected chi connectivity index (χ1v) is 9.31. The lowest BCUT2D eigenvalue weighted by Crippen LogP contribution is -2.53. The molecule has 2 heterocycles. The summed E-state index contributed by atoms with van der Waals surface area (Å²) in [6.45, 7) is -0.586. The highest BCUT2D eigenvalue weighted by molar-refractivity contribution is 5.94. The molecule has 0 aliphatic carbocycles. The molecule has 0 saturated carbocycles. The Kier molecular flexibility index (Phi) is 7.06. The summed E-state index contributed by atoms with van der Waals surface area (Å²) < 4.78 is 63.6. The highest BCUT2D eigenvalue weighted by atomic mass is 19.3. The van der Waals surface area contributed by atoms with Crippen molar-refractivity contribution < 1.29 is 31.8 Å². The molecule has 2 aromatic rings. The molecule has 1 saturated heterocycles. The molecule has 0 atom stereocenters. The Bertz CT molecular complexity index is 967. The maximum absolute atomic E-state index is 14.8. The van der Waals surface area contributed by atoms with E-state index in [9.17, 15) is 22.4 Å². The summed E-state index contributed by atoms with van der Waals surface area (Å²) in [5.74, 6) is -2.50. The van der Waals surface area contributed by atoms with Gasteiger partial charge in [0.05, 0.1) is 6.10 Å². The van der Waals surface area contributed by atoms with Gasteiger partial charge in [0, 0.05) is 36.0 Å². The second-order valence-corrected chi connectivity index (χ2v) is 6.92. The quantitative estimate of drug-likeness (QED) is 0.269. The molecule has 3 N–H and O–H groups in total. The van der Waals surface area contributed by atoms with Crippen molar-refractivity contribution in [2.45, 2.75) is 25.6 Å². The predicted molar refractivity (Wildman–Crippen MR) is 104 cm³/mol. The van der Waals surface area contributed by atoms with E-state index in [2.05, 4.69) is 4.98 Å². The van der Waals surface area contributed by atoms with Gasteiger partial charge in [0.15, 0.2) is 11.6 Å². The van der Waals surface area contributed by atoms with Crippen LogP contribution in [-0.4, -0.2) is 49.0 Å². The fourth-order valence-electron chi connectivity index (χ4n) is 3.01. The van der Waals surface area contributed by atoms with E-state index in [1.54, 1.807) is 0 Å². The van der Waals surface area contributed by atoms with E-state index in [-0.39, 0.29) is 48.0 Å². The molecule has 1 fully saturated rings. The number of carbonyl (C=O) groups is 1. The van der Waals surface area contributed by atoms with E-state index >= 15 is 0 Å². The minimum absolute atomic E-state index is 0.0235. The second-order valence-electron chi connectivity index (χ2n) is 6.92. The molecule has 1 aromatic heterocycles. The number of carbonyl (C=O) groups excluding carboxylic acids is 1. The van der Waals surface area contributed by atoms with E-state index in [4.69, 9.17) is 20.6 Å². The number of rotatable bonds is 9. The Hall–Kier alpha value is -3.21. The van der Waals surface area contributed by atoms with Crippen LogP contribution in [0.15, 0.2) is 30.5 Å². The molecule has 166 valence electrons. The fourth-order valence-corrected chi connectivity index (χ4v) is 3.01. The number of halogens is 4. The number of nitrogens with zero attached hydrogens (tertiary/aromatic N) is 2. The number of pyridine rings is 1. The largest absolute Gasteiger partial charge is 0.460 e. The number of benzene rings is 1. The van der Waals surface area contributed by atoms with Crippen molar-refractivity contribution in [1.29, 1.82) is 5.41 Å². The van der Waals surface area contributed by atoms with Gasteiger partial charge in [0.2, 0.25) is 0 Å². The lowest BCUT2D eigenvalue weighted by molar-refractivity contribution is -0.143. The van der Waals surface area contributed by atoms with Crippen LogP contribution in [0.2, 0.25) is 0 Å². The molecule has 1 aromatic carbocycles. The monoisotopic (exact) mass is 440 g/mol. The Balaban J connectivity index is 1.67. The molecule has 31 heavy (non-hydrogen) atoms. The maximum Gasteiger partial charge on any atom is 0.313 e. The summed E-state index contributed by atoms with van der Waals surface area (Å²) in [6.07, 6.45) is -2.08. The van der Waals surface area contributed by atoms with Gasteiger partial charge < -0.3 is 20.1 Å². The van der Waals surface area contributed by atoms with Crippen LogP contribution in [0, 0.1) is 17.0 Å². The van der Waals surface area contributed by atoms with E-state index in [0.29, 0.717) is 0 Å². The number of nitrogens with two attached hydrogens (primary N) is 1. The average Bonchev–Trinajstić information content (AvgIpc) is 2.66. The smallest absolute Gasteiger partial charge is 0.313 e. The number of amidine groups is 1. The first kappa shape index (κ1) is 22.5. The fraction of sp³-hybridized carbons (Fsp3) is 0.350. The van der Waals surface area contributed by atoms with Crippen LogP contribution < -0.4 is 10.6 Å². The van der Waals surface area contributed by atoms with Crippen LogP contribution >= 0.6 is 0 Å². The van der Waals surface area contributed by atoms with Gasteiger partial charge in [-0.3, -0.25) is 10.2 Å². The first-order chi connectivity index (χ1) is 14.7. The summed E-state index contributed by atoms with van der Waals surface area (Å²) in [5, 5.41) is 7.05. The molecular formula is C20H20F4N4O3. The minimum Gasteiger partial charge on any atom is -0.460 e. The molecule has 7 nitrogen and oxygen atoms in total. The Morgan fingerprint density at radius 1 is 1.32 bits per heavy atom. The number of anilines is 1. The normalized spacial score (nSPS) is 13.9. The number of hydrogen-bond donors (Lipinski definition) is 2. The highest BCUT2D eigenvalue weighted by Crippen LogP contribution is 2.30. The van der Waals surface area contributed by atoms with Crippen molar-refractivity contribution in [3.63, 3.8) is 0 Å². The van der Waals surface area contributed by atoms with Crippen LogP contribution in [0.5, 0.6) is 0 Å².